The Morgan fingerprint density at radius 1 is 0.538 bits per heavy atom. The first-order chi connectivity index (χ1) is 43.2. The fraction of sp³-hybridized carbons (Fsp3) is 0.353. The fourth-order valence-corrected chi connectivity index (χ4v) is 11.9. The summed E-state index contributed by atoms with van der Waals surface area (Å²) >= 11 is 0. The molecule has 8 aromatic rings. The van der Waals surface area contributed by atoms with Crippen LogP contribution >= 0.6 is 0 Å². The molecule has 2 unspecified atom stereocenters. The Morgan fingerprint density at radius 3 is 1.45 bits per heavy atom. The van der Waals surface area contributed by atoms with Gasteiger partial charge in [-0.15, -0.1) is 0 Å². The van der Waals surface area contributed by atoms with E-state index in [1.807, 2.05) is 42.7 Å². The van der Waals surface area contributed by atoms with Crippen molar-refractivity contribution in [3.63, 3.8) is 0 Å². The van der Waals surface area contributed by atoms with E-state index in [-0.39, 0.29) is 121 Å². The number of imide groups is 4. The minimum atomic E-state index is -0.979. The van der Waals surface area contributed by atoms with Gasteiger partial charge in [-0.1, -0.05) is 75.9 Å². The van der Waals surface area contributed by atoms with Gasteiger partial charge in [0.15, 0.2) is 0 Å². The number of aromatic nitrogens is 4. The van der Waals surface area contributed by atoms with Crippen molar-refractivity contribution in [2.45, 2.75) is 135 Å². The van der Waals surface area contributed by atoms with Gasteiger partial charge in [0, 0.05) is 125 Å². The molecular weight excluding hydrogens is 1190 g/mol. The van der Waals surface area contributed by atoms with E-state index in [9.17, 15) is 47.9 Å². The minimum Gasteiger partial charge on any atom is -1.00 e. The molecule has 4 aromatic carbocycles. The Hall–Kier alpha value is -8.32. The second kappa shape index (κ2) is 32.1. The van der Waals surface area contributed by atoms with Crippen LogP contribution in [0.15, 0.2) is 110 Å². The Bertz CT molecular complexity index is 4070. The second-order valence-corrected chi connectivity index (χ2v) is 22.7. The number of aryl methyl sites for hydroxylation is 2. The van der Waals surface area contributed by atoms with Crippen molar-refractivity contribution in [1.82, 2.24) is 40.4 Å². The number of carboxylic acids is 1. The number of benzene rings is 4. The summed E-state index contributed by atoms with van der Waals surface area (Å²) in [5, 5.41) is 24.1. The summed E-state index contributed by atoms with van der Waals surface area (Å²) in [4.78, 5) is 139. The molecule has 0 aliphatic carbocycles. The monoisotopic (exact) mass is 1260 g/mol. The second-order valence-electron chi connectivity index (χ2n) is 22.7. The van der Waals surface area contributed by atoms with Crippen molar-refractivity contribution < 1.29 is 106 Å². The third-order valence-corrected chi connectivity index (χ3v) is 16.6. The Balaban J connectivity index is 0.000000213. The van der Waals surface area contributed by atoms with Gasteiger partial charge in [0.2, 0.25) is 23.6 Å². The van der Waals surface area contributed by atoms with Crippen LogP contribution in [0.3, 0.4) is 0 Å². The number of carboxylic acid groups (broad SMARTS) is 1. The third kappa shape index (κ3) is 16.2. The van der Waals surface area contributed by atoms with Gasteiger partial charge in [0.1, 0.15) is 17.9 Å². The summed E-state index contributed by atoms with van der Waals surface area (Å²) in [7, 11) is 0. The number of ketones is 1. The zero-order valence-electron chi connectivity index (χ0n) is 51.3. The van der Waals surface area contributed by atoms with Gasteiger partial charge in [-0.25, -0.2) is 0 Å². The summed E-state index contributed by atoms with van der Waals surface area (Å²) < 4.78 is 0. The van der Waals surface area contributed by atoms with Crippen LogP contribution in [-0.2, 0) is 41.6 Å². The summed E-state index contributed by atoms with van der Waals surface area (Å²) in [5.74, 6) is -4.48. The number of Topliss-reactive ketones (excluding diaryl/α,β-unsaturated/α-hetero) is 1. The molecule has 0 spiro atoms. The summed E-state index contributed by atoms with van der Waals surface area (Å²) in [6.07, 6.45) is 19.0. The molecule has 4 aliphatic heterocycles. The first-order valence-corrected chi connectivity index (χ1v) is 30.5. The Morgan fingerprint density at radius 2 is 0.989 bits per heavy atom. The Kier molecular flexibility index (Phi) is 24.2. The molecular formula is C68H76KN11O11. The van der Waals surface area contributed by atoms with Gasteiger partial charge in [-0.2, -0.15) is 0 Å². The van der Waals surface area contributed by atoms with E-state index in [1.54, 1.807) is 48.8 Å². The number of carbonyl (C=O) groups is 10. The molecule has 12 rings (SSSR count). The number of carbonyl (C=O) groups excluding carboxylic acids is 9. The molecule has 2 atom stereocenters. The van der Waals surface area contributed by atoms with E-state index in [0.29, 0.717) is 55.8 Å². The van der Waals surface area contributed by atoms with Crippen LogP contribution in [0.4, 0.5) is 11.4 Å². The number of aromatic amines is 2. The van der Waals surface area contributed by atoms with Crippen molar-refractivity contribution in [2.75, 3.05) is 30.3 Å². The van der Waals surface area contributed by atoms with Crippen molar-refractivity contribution >= 4 is 114 Å². The van der Waals surface area contributed by atoms with E-state index in [4.69, 9.17) is 10.8 Å². The molecule has 9 N–H and O–H groups in total. The molecule has 8 heterocycles. The number of amides is 8. The van der Waals surface area contributed by atoms with Gasteiger partial charge >= 0.3 is 57.4 Å². The predicted octanol–water partition coefficient (Wildman–Crippen LogP) is 6.58. The number of nitrogens with one attached hydrogen (secondary N) is 6. The van der Waals surface area contributed by atoms with Crippen LogP contribution in [0.2, 0.25) is 0 Å². The number of aliphatic carboxylic acids is 1. The molecule has 4 aliphatic rings. The largest absolute Gasteiger partial charge is 1.00 e. The quantitative estimate of drug-likeness (QED) is 0.0180. The zero-order chi connectivity index (χ0) is 62.6. The molecule has 0 radical (unpaired) electrons. The molecule has 2 saturated heterocycles. The molecule has 23 heteroatoms. The van der Waals surface area contributed by atoms with Gasteiger partial charge in [-0.3, -0.25) is 78.3 Å². The summed E-state index contributed by atoms with van der Waals surface area (Å²) in [6, 6.07) is 24.5. The van der Waals surface area contributed by atoms with Gasteiger partial charge in [0.05, 0.1) is 22.3 Å². The molecule has 0 saturated carbocycles. The van der Waals surface area contributed by atoms with Crippen LogP contribution in [-0.4, -0.2) is 126 Å². The number of hydrogen-bond donors (Lipinski definition) is 8. The zero-order valence-corrected chi connectivity index (χ0v) is 53.4. The van der Waals surface area contributed by atoms with Crippen molar-refractivity contribution in [3.8, 4) is 0 Å². The van der Waals surface area contributed by atoms with Crippen LogP contribution in [0, 0.1) is 0 Å². The van der Waals surface area contributed by atoms with E-state index < -0.39 is 59.4 Å². The van der Waals surface area contributed by atoms with E-state index in [2.05, 4.69) is 59.4 Å². The van der Waals surface area contributed by atoms with E-state index in [1.165, 1.54) is 0 Å². The molecule has 91 heavy (non-hydrogen) atoms. The maximum absolute atomic E-state index is 13.2. The van der Waals surface area contributed by atoms with Gasteiger partial charge < -0.3 is 32.9 Å². The number of rotatable bonds is 24. The standard InChI is InChI=1S/C34H35N5O5.C19H24N4O4.C14H12N2O2.CH4.K.H/c40-22(12-10-21-11-13-23-25-20-35-18-16-26(25)37-28(23)19-21)7-4-2-1-3-5-17-36-27-9-6-8-24-31(27)34(44)39(33(24)43)29-14-15-30(41)38-32(29)42;20-10-3-1-2-4-11-21-13-7-5-6-12-16(13)19(27)23(18(12)26)14-8-9-15(24)22-17(14)25;17-14(18)4-2-9-1-3-10-11-8-15-6-5-12(11)16-13(10)7-9;;;/h6,8-9,11,13,16,18-20,29,36-37H,1-5,7,10,12,14-15,17H2,(H,38,41,42);5-7,14,21H,1-4,8-11,20H2,(H,22,24,25);1,3,5-8,16H,2,4H2,(H,17,18);1H4;;/q;;;;+1;-1. The Labute approximate surface area is 569 Å². The molecule has 0 bridgehead atoms. The number of anilines is 2. The number of fused-ring (bicyclic) bond motifs is 8. The molecule has 22 nitrogen and oxygen atoms in total. The maximum atomic E-state index is 13.2. The van der Waals surface area contributed by atoms with Gasteiger partial charge in [-0.05, 0) is 118 Å². The van der Waals surface area contributed by atoms with E-state index in [0.717, 1.165) is 129 Å². The third-order valence-electron chi connectivity index (χ3n) is 16.6. The molecule has 2 fully saturated rings. The van der Waals surface area contributed by atoms with E-state index >= 15 is 0 Å². The molecule has 8 amide bonds. The number of unbranched alkanes of at least 4 members (excludes halogenated alkanes) is 7. The van der Waals surface area contributed by atoms with Gasteiger partial charge in [0.25, 0.3) is 23.6 Å². The first kappa shape index (κ1) is 68.6. The first-order valence-electron chi connectivity index (χ1n) is 30.5. The summed E-state index contributed by atoms with van der Waals surface area (Å²) in [6.45, 7) is 2.00. The molecule has 4 aromatic heterocycles. The molecule has 470 valence electrons. The minimum absolute atomic E-state index is 0. The SMILES string of the molecule is C.NCCCCCCNc1cccc2c1C(=O)N(C1CCC(=O)NC1=O)C2=O.O=C(CCCCCCCNc1cccc2c1C(=O)N(C1CCC(=O)NC1=O)C2=O)CCc1ccc2c(c1)[nH]c1ccncc12.O=C(O)CCc1ccc2c(c1)[nH]c1ccncc12.[H-].[K+]. The predicted molar refractivity (Wildman–Crippen MR) is 343 cm³/mol. The number of nitrogens with zero attached hydrogens (tertiary/aromatic N) is 4. The van der Waals surface area contributed by atoms with Crippen molar-refractivity contribution in [3.05, 3.63) is 143 Å². The maximum Gasteiger partial charge on any atom is 1.00 e. The number of hydrogen-bond acceptors (Lipinski definition) is 15. The summed E-state index contributed by atoms with van der Waals surface area (Å²) in [5.41, 5.74) is 14.2. The van der Waals surface area contributed by atoms with Crippen LogP contribution in [0.5, 0.6) is 0 Å². The fourth-order valence-electron chi connectivity index (χ4n) is 11.9. The average Bonchev–Trinajstić information content (AvgIpc) is 1.62. The van der Waals surface area contributed by atoms with Crippen LogP contribution in [0.25, 0.3) is 43.6 Å². The number of piperidine rings is 2. The topological polar surface area (TPSA) is 329 Å². The normalized spacial score (nSPS) is 15.9. The van der Waals surface area contributed by atoms with Crippen molar-refractivity contribution in [1.29, 1.82) is 0 Å². The smallest absolute Gasteiger partial charge is 1.00 e. The van der Waals surface area contributed by atoms with Crippen molar-refractivity contribution in [2.24, 2.45) is 5.73 Å². The number of pyridine rings is 2. The number of nitrogens with two attached hydrogens (primary N) is 1. The van der Waals surface area contributed by atoms with Crippen LogP contribution in [0.1, 0.15) is 164 Å². The average molecular weight is 1260 g/mol. The van der Waals surface area contributed by atoms with Crippen LogP contribution < -0.4 is 78.4 Å². The number of H-pyrrole nitrogens is 2.